The van der Waals surface area contributed by atoms with Gasteiger partial charge in [-0.2, -0.15) is 5.10 Å². The molecule has 2 atom stereocenters. The summed E-state index contributed by atoms with van der Waals surface area (Å²) in [7, 11) is 3.44. The van der Waals surface area contributed by atoms with E-state index in [4.69, 9.17) is 14.5 Å². The molecule has 4 aromatic rings. The number of fused-ring (bicyclic) bond motifs is 2. The molecule has 0 bridgehead atoms. The zero-order valence-electron chi connectivity index (χ0n) is 21.6. The van der Waals surface area contributed by atoms with Gasteiger partial charge >= 0.3 is 0 Å². The maximum absolute atomic E-state index is 5.60. The molecule has 0 aromatic carbocycles. The number of nitrogens with one attached hydrogen (secondary N) is 2. The molecule has 4 aromatic heterocycles. The summed E-state index contributed by atoms with van der Waals surface area (Å²) in [5, 5.41) is 9.29. The second-order valence-electron chi connectivity index (χ2n) is 10.6. The summed E-state index contributed by atoms with van der Waals surface area (Å²) in [5.41, 5.74) is 6.19. The van der Waals surface area contributed by atoms with Crippen molar-refractivity contribution in [1.29, 1.82) is 0 Å². The van der Waals surface area contributed by atoms with E-state index in [1.54, 1.807) is 25.1 Å². The lowest BCUT2D eigenvalue weighted by atomic mass is 9.95. The van der Waals surface area contributed by atoms with Crippen molar-refractivity contribution in [3.8, 4) is 17.0 Å². The Labute approximate surface area is 206 Å². The summed E-state index contributed by atoms with van der Waals surface area (Å²) in [6.45, 7) is 9.57. The number of methoxy groups -OCH3 is 2. The zero-order chi connectivity index (χ0) is 24.7. The highest BCUT2D eigenvalue weighted by molar-refractivity contribution is 5.91. The monoisotopic (exact) mass is 476 g/mol. The minimum absolute atomic E-state index is 0.152. The van der Waals surface area contributed by atoms with Crippen LogP contribution in [0.3, 0.4) is 0 Å². The predicted octanol–water partition coefficient (Wildman–Crippen LogP) is 5.06. The van der Waals surface area contributed by atoms with E-state index in [1.807, 2.05) is 18.5 Å². The summed E-state index contributed by atoms with van der Waals surface area (Å²) >= 11 is 0. The van der Waals surface area contributed by atoms with Crippen LogP contribution in [0.1, 0.15) is 70.1 Å². The molecule has 8 nitrogen and oxygen atoms in total. The first-order chi connectivity index (χ1) is 16.8. The van der Waals surface area contributed by atoms with Crippen LogP contribution in [0.2, 0.25) is 0 Å². The Morgan fingerprint density at radius 2 is 2.03 bits per heavy atom. The minimum Gasteiger partial charge on any atom is -0.493 e. The maximum Gasteiger partial charge on any atom is 0.197 e. The minimum atomic E-state index is -0.152. The van der Waals surface area contributed by atoms with Crippen LogP contribution < -0.4 is 10.1 Å². The molecule has 1 saturated carbocycles. The van der Waals surface area contributed by atoms with E-state index >= 15 is 0 Å². The molecule has 0 amide bonds. The molecule has 2 unspecified atom stereocenters. The first kappa shape index (κ1) is 23.8. The molecule has 186 valence electrons. The van der Waals surface area contributed by atoms with E-state index in [1.165, 1.54) is 16.6 Å². The molecule has 0 saturated heterocycles. The van der Waals surface area contributed by atoms with E-state index < -0.39 is 0 Å². The van der Waals surface area contributed by atoms with Gasteiger partial charge in [0.25, 0.3) is 0 Å². The van der Waals surface area contributed by atoms with Crippen molar-refractivity contribution in [2.75, 3.05) is 20.8 Å². The first-order valence-corrected chi connectivity index (χ1v) is 12.5. The van der Waals surface area contributed by atoms with E-state index in [2.05, 4.69) is 54.1 Å². The Morgan fingerprint density at radius 1 is 1.20 bits per heavy atom. The second-order valence-corrected chi connectivity index (χ2v) is 10.6. The van der Waals surface area contributed by atoms with Crippen molar-refractivity contribution in [2.24, 2.45) is 0 Å². The van der Waals surface area contributed by atoms with Crippen LogP contribution in [0.5, 0.6) is 5.75 Å². The van der Waals surface area contributed by atoms with Crippen LogP contribution in [0.25, 0.3) is 27.8 Å². The van der Waals surface area contributed by atoms with Gasteiger partial charge in [0, 0.05) is 48.5 Å². The van der Waals surface area contributed by atoms with Gasteiger partial charge < -0.3 is 19.8 Å². The standard InChI is InChI=1S/C27H36N6O2/c1-16(2)24-20-11-21(17-7-8-19(9-17)29-14-27(3,4)35-6)28-12-22(20)32-25(24)18-10-23(34-5)26-30-15-31-33(26)13-18/h10-13,15-17,19,29,32H,7-9,14H2,1-6H3. The normalized spacial score (nSPS) is 18.8. The maximum atomic E-state index is 5.60. The average molecular weight is 477 g/mol. The number of aromatic nitrogens is 5. The lowest BCUT2D eigenvalue weighted by Crippen LogP contribution is -2.40. The van der Waals surface area contributed by atoms with E-state index in [0.29, 0.717) is 29.3 Å². The van der Waals surface area contributed by atoms with Crippen molar-refractivity contribution in [1.82, 2.24) is 29.9 Å². The summed E-state index contributed by atoms with van der Waals surface area (Å²) < 4.78 is 12.9. The summed E-state index contributed by atoms with van der Waals surface area (Å²) in [6, 6.07) is 4.84. The second kappa shape index (κ2) is 9.24. The largest absolute Gasteiger partial charge is 0.493 e. The number of H-pyrrole nitrogens is 1. The fourth-order valence-corrected chi connectivity index (χ4v) is 5.26. The van der Waals surface area contributed by atoms with Crippen LogP contribution in [-0.2, 0) is 4.74 Å². The van der Waals surface area contributed by atoms with Crippen molar-refractivity contribution >= 4 is 16.6 Å². The third kappa shape index (κ3) is 4.52. The Morgan fingerprint density at radius 3 is 2.77 bits per heavy atom. The highest BCUT2D eigenvalue weighted by Gasteiger charge is 2.29. The van der Waals surface area contributed by atoms with Gasteiger partial charge in [-0.3, -0.25) is 4.98 Å². The van der Waals surface area contributed by atoms with Gasteiger partial charge in [0.05, 0.1) is 30.1 Å². The van der Waals surface area contributed by atoms with E-state index in [-0.39, 0.29) is 5.60 Å². The highest BCUT2D eigenvalue weighted by Crippen LogP contribution is 2.40. The molecule has 1 aliphatic rings. The van der Waals surface area contributed by atoms with Gasteiger partial charge in [-0.05, 0) is 56.7 Å². The predicted molar refractivity (Wildman–Crippen MR) is 138 cm³/mol. The molecule has 35 heavy (non-hydrogen) atoms. The van der Waals surface area contributed by atoms with Gasteiger partial charge in [0.15, 0.2) is 11.4 Å². The first-order valence-electron chi connectivity index (χ1n) is 12.5. The summed E-state index contributed by atoms with van der Waals surface area (Å²) in [5.74, 6) is 1.50. The van der Waals surface area contributed by atoms with Crippen LogP contribution in [-0.4, -0.2) is 57.0 Å². The van der Waals surface area contributed by atoms with E-state index in [9.17, 15) is 0 Å². The summed E-state index contributed by atoms with van der Waals surface area (Å²) in [6.07, 6.45) is 8.97. The number of rotatable bonds is 8. The number of ether oxygens (including phenoxy) is 2. The molecule has 5 rings (SSSR count). The SMILES string of the molecule is COc1cc(-c2[nH]c3cnc(C4CCC(NCC(C)(C)OC)C4)cc3c2C(C)C)cn2ncnc12. The molecular weight excluding hydrogens is 440 g/mol. The fraction of sp³-hybridized carbons (Fsp3) is 0.519. The van der Waals surface area contributed by atoms with Gasteiger partial charge in [0.2, 0.25) is 0 Å². The zero-order valence-corrected chi connectivity index (χ0v) is 21.6. The van der Waals surface area contributed by atoms with Crippen LogP contribution >= 0.6 is 0 Å². The average Bonchev–Trinajstić information content (AvgIpc) is 3.59. The third-order valence-corrected chi connectivity index (χ3v) is 7.39. The van der Waals surface area contributed by atoms with E-state index in [0.717, 1.165) is 42.6 Å². The van der Waals surface area contributed by atoms with Gasteiger partial charge in [-0.25, -0.2) is 9.50 Å². The van der Waals surface area contributed by atoms with Crippen molar-refractivity contribution in [3.05, 3.63) is 42.1 Å². The van der Waals surface area contributed by atoms with Gasteiger partial charge in [0.1, 0.15) is 6.33 Å². The topological polar surface area (TPSA) is 89.4 Å². The smallest absolute Gasteiger partial charge is 0.197 e. The van der Waals surface area contributed by atoms with Gasteiger partial charge in [-0.15, -0.1) is 0 Å². The Balaban J connectivity index is 1.47. The van der Waals surface area contributed by atoms with Crippen LogP contribution in [0, 0.1) is 0 Å². The van der Waals surface area contributed by atoms with Crippen molar-refractivity contribution in [3.63, 3.8) is 0 Å². The fourth-order valence-electron chi connectivity index (χ4n) is 5.26. The highest BCUT2D eigenvalue weighted by atomic mass is 16.5. The number of pyridine rings is 2. The number of hydrogen-bond acceptors (Lipinski definition) is 6. The number of nitrogens with zero attached hydrogens (tertiary/aromatic N) is 4. The van der Waals surface area contributed by atoms with Crippen LogP contribution in [0.4, 0.5) is 0 Å². The molecule has 1 aliphatic carbocycles. The van der Waals surface area contributed by atoms with Crippen LogP contribution in [0.15, 0.2) is 30.9 Å². The molecular formula is C27H36N6O2. The quantitative estimate of drug-likeness (QED) is 0.370. The molecule has 8 heteroatoms. The molecule has 0 radical (unpaired) electrons. The summed E-state index contributed by atoms with van der Waals surface area (Å²) in [4.78, 5) is 12.8. The molecule has 0 aliphatic heterocycles. The third-order valence-electron chi connectivity index (χ3n) is 7.39. The lowest BCUT2D eigenvalue weighted by molar-refractivity contribution is 0.0212. The van der Waals surface area contributed by atoms with Gasteiger partial charge in [-0.1, -0.05) is 13.8 Å². The molecule has 0 spiro atoms. The number of aromatic amines is 1. The molecule has 2 N–H and O–H groups in total. The Bertz CT molecular complexity index is 1340. The number of hydrogen-bond donors (Lipinski definition) is 2. The molecule has 1 fully saturated rings. The van der Waals surface area contributed by atoms with Crippen molar-refractivity contribution < 1.29 is 9.47 Å². The molecule has 4 heterocycles. The Kier molecular flexibility index (Phi) is 6.27. The van der Waals surface area contributed by atoms with Crippen molar-refractivity contribution in [2.45, 2.75) is 70.4 Å². The lowest BCUT2D eigenvalue weighted by Gasteiger charge is -2.25. The Hall–Kier alpha value is -2.97.